The SMILES string of the molecule is C[C@H](Nc1nc2ccc(F)cc2n1C)C(=O)O. The first-order valence-electron chi connectivity index (χ1n) is 5.10. The van der Waals surface area contributed by atoms with Gasteiger partial charge < -0.3 is 15.0 Å². The van der Waals surface area contributed by atoms with Crippen molar-refractivity contribution in [2.45, 2.75) is 13.0 Å². The van der Waals surface area contributed by atoms with Crippen LogP contribution in [0.1, 0.15) is 6.92 Å². The molecule has 2 rings (SSSR count). The van der Waals surface area contributed by atoms with Gasteiger partial charge in [0.2, 0.25) is 5.95 Å². The highest BCUT2D eigenvalue weighted by Crippen LogP contribution is 2.19. The average Bonchev–Trinajstić information content (AvgIpc) is 2.56. The number of carbonyl (C=O) groups is 1. The van der Waals surface area contributed by atoms with Gasteiger partial charge in [0.1, 0.15) is 11.9 Å². The summed E-state index contributed by atoms with van der Waals surface area (Å²) in [6.45, 7) is 1.52. The first-order chi connectivity index (χ1) is 7.99. The number of aliphatic carboxylic acids is 1. The number of aryl methyl sites for hydroxylation is 1. The first-order valence-corrected chi connectivity index (χ1v) is 5.10. The Labute approximate surface area is 96.9 Å². The lowest BCUT2D eigenvalue weighted by atomic mass is 10.3. The Morgan fingerprint density at radius 3 is 2.94 bits per heavy atom. The minimum atomic E-state index is -0.969. The van der Waals surface area contributed by atoms with Gasteiger partial charge in [-0.15, -0.1) is 0 Å². The number of carboxylic acids is 1. The smallest absolute Gasteiger partial charge is 0.325 e. The summed E-state index contributed by atoms with van der Waals surface area (Å²) in [6.07, 6.45) is 0. The molecule has 2 N–H and O–H groups in total. The van der Waals surface area contributed by atoms with Crippen molar-refractivity contribution in [2.24, 2.45) is 7.05 Å². The van der Waals surface area contributed by atoms with Crippen molar-refractivity contribution < 1.29 is 14.3 Å². The zero-order valence-corrected chi connectivity index (χ0v) is 9.44. The number of hydrogen-bond donors (Lipinski definition) is 2. The minimum Gasteiger partial charge on any atom is -0.480 e. The van der Waals surface area contributed by atoms with Gasteiger partial charge in [0.15, 0.2) is 0 Å². The summed E-state index contributed by atoms with van der Waals surface area (Å²) >= 11 is 0. The van der Waals surface area contributed by atoms with E-state index in [4.69, 9.17) is 5.11 Å². The van der Waals surface area contributed by atoms with Crippen LogP contribution >= 0.6 is 0 Å². The lowest BCUT2D eigenvalue weighted by Crippen LogP contribution is -2.26. The van der Waals surface area contributed by atoms with Crippen LogP contribution in [-0.4, -0.2) is 26.7 Å². The van der Waals surface area contributed by atoms with Crippen LogP contribution < -0.4 is 5.32 Å². The van der Waals surface area contributed by atoms with Crippen LogP contribution in [0.15, 0.2) is 18.2 Å². The number of hydrogen-bond acceptors (Lipinski definition) is 3. The van der Waals surface area contributed by atoms with Gasteiger partial charge in [-0.25, -0.2) is 9.37 Å². The van der Waals surface area contributed by atoms with Gasteiger partial charge in [-0.05, 0) is 25.1 Å². The third kappa shape index (κ3) is 2.06. The quantitative estimate of drug-likeness (QED) is 0.850. The minimum absolute atomic E-state index is 0.349. The number of aromatic nitrogens is 2. The molecule has 1 aromatic heterocycles. The Balaban J connectivity index is 2.42. The largest absolute Gasteiger partial charge is 0.480 e. The molecule has 0 saturated heterocycles. The highest BCUT2D eigenvalue weighted by molar-refractivity contribution is 5.81. The van der Waals surface area contributed by atoms with Gasteiger partial charge in [0.25, 0.3) is 0 Å². The molecule has 0 spiro atoms. The number of imidazole rings is 1. The van der Waals surface area contributed by atoms with E-state index in [1.165, 1.54) is 19.1 Å². The molecular weight excluding hydrogens is 225 g/mol. The zero-order valence-electron chi connectivity index (χ0n) is 9.44. The van der Waals surface area contributed by atoms with Gasteiger partial charge in [-0.1, -0.05) is 0 Å². The molecule has 0 amide bonds. The molecular formula is C11H12FN3O2. The molecule has 5 nitrogen and oxygen atoms in total. The lowest BCUT2D eigenvalue weighted by molar-refractivity contribution is -0.137. The fourth-order valence-electron chi connectivity index (χ4n) is 1.55. The van der Waals surface area contributed by atoms with Gasteiger partial charge in [-0.2, -0.15) is 0 Å². The van der Waals surface area contributed by atoms with Crippen LogP contribution in [0.25, 0.3) is 11.0 Å². The number of benzene rings is 1. The summed E-state index contributed by atoms with van der Waals surface area (Å²) in [7, 11) is 1.70. The van der Waals surface area contributed by atoms with Crippen LogP contribution in [0.4, 0.5) is 10.3 Å². The topological polar surface area (TPSA) is 67.2 Å². The van der Waals surface area contributed by atoms with Crippen molar-refractivity contribution in [3.63, 3.8) is 0 Å². The van der Waals surface area contributed by atoms with Gasteiger partial charge in [0.05, 0.1) is 11.0 Å². The van der Waals surface area contributed by atoms with Crippen molar-refractivity contribution in [1.29, 1.82) is 0 Å². The van der Waals surface area contributed by atoms with Gasteiger partial charge in [-0.3, -0.25) is 4.79 Å². The van der Waals surface area contributed by atoms with Crippen molar-refractivity contribution >= 4 is 23.0 Å². The van der Waals surface area contributed by atoms with Crippen LogP contribution in [0.2, 0.25) is 0 Å². The summed E-state index contributed by atoms with van der Waals surface area (Å²) in [5.74, 6) is -0.915. The molecule has 0 fully saturated rings. The van der Waals surface area contributed by atoms with Crippen molar-refractivity contribution in [3.05, 3.63) is 24.0 Å². The predicted octanol–water partition coefficient (Wildman–Crippen LogP) is 1.60. The van der Waals surface area contributed by atoms with E-state index in [2.05, 4.69) is 10.3 Å². The summed E-state index contributed by atoms with van der Waals surface area (Å²) in [6, 6.07) is 3.48. The van der Waals surface area contributed by atoms with E-state index in [0.717, 1.165) is 0 Å². The van der Waals surface area contributed by atoms with E-state index < -0.39 is 12.0 Å². The molecule has 0 radical (unpaired) electrons. The zero-order chi connectivity index (χ0) is 12.6. The highest BCUT2D eigenvalue weighted by atomic mass is 19.1. The van der Waals surface area contributed by atoms with Crippen molar-refractivity contribution in [3.8, 4) is 0 Å². The monoisotopic (exact) mass is 237 g/mol. The third-order valence-electron chi connectivity index (χ3n) is 2.56. The summed E-state index contributed by atoms with van der Waals surface area (Å²) in [4.78, 5) is 14.9. The first kappa shape index (κ1) is 11.4. The standard InChI is InChI=1S/C11H12FN3O2/c1-6(10(16)17)13-11-14-8-4-3-7(12)5-9(8)15(11)2/h3-6H,1-2H3,(H,13,14)(H,16,17)/t6-/m0/s1. The number of rotatable bonds is 3. The molecule has 1 atom stereocenters. The Morgan fingerprint density at radius 2 is 2.29 bits per heavy atom. The van der Waals surface area contributed by atoms with E-state index in [1.807, 2.05) is 0 Å². The lowest BCUT2D eigenvalue weighted by Gasteiger charge is -2.09. The molecule has 0 saturated carbocycles. The molecule has 0 aliphatic heterocycles. The maximum absolute atomic E-state index is 13.1. The Morgan fingerprint density at radius 1 is 1.59 bits per heavy atom. The molecule has 2 aromatic rings. The fourth-order valence-corrected chi connectivity index (χ4v) is 1.55. The van der Waals surface area contributed by atoms with Crippen LogP contribution in [0.3, 0.4) is 0 Å². The number of anilines is 1. The molecule has 17 heavy (non-hydrogen) atoms. The Hall–Kier alpha value is -2.11. The van der Waals surface area contributed by atoms with Crippen molar-refractivity contribution in [2.75, 3.05) is 5.32 Å². The van der Waals surface area contributed by atoms with E-state index in [-0.39, 0.29) is 5.82 Å². The second-order valence-corrected chi connectivity index (χ2v) is 3.83. The molecule has 1 heterocycles. The van der Waals surface area contributed by atoms with E-state index in [0.29, 0.717) is 17.0 Å². The third-order valence-corrected chi connectivity index (χ3v) is 2.56. The van der Waals surface area contributed by atoms with Crippen LogP contribution in [0.5, 0.6) is 0 Å². The molecule has 0 aliphatic carbocycles. The van der Waals surface area contributed by atoms with E-state index in [9.17, 15) is 9.18 Å². The molecule has 0 unspecified atom stereocenters. The molecule has 0 bridgehead atoms. The molecule has 0 aliphatic rings. The highest BCUT2D eigenvalue weighted by Gasteiger charge is 2.14. The normalized spacial score (nSPS) is 12.6. The van der Waals surface area contributed by atoms with Crippen LogP contribution in [0, 0.1) is 5.82 Å². The van der Waals surface area contributed by atoms with E-state index in [1.54, 1.807) is 17.7 Å². The maximum atomic E-state index is 13.1. The second-order valence-electron chi connectivity index (χ2n) is 3.83. The summed E-state index contributed by atoms with van der Waals surface area (Å²) in [5.41, 5.74) is 1.24. The number of nitrogens with one attached hydrogen (secondary N) is 1. The van der Waals surface area contributed by atoms with Crippen LogP contribution in [-0.2, 0) is 11.8 Å². The second kappa shape index (κ2) is 4.04. The summed E-state index contributed by atoms with van der Waals surface area (Å²) < 4.78 is 14.7. The predicted molar refractivity (Wildman–Crippen MR) is 61.4 cm³/mol. The number of nitrogens with zero attached hydrogens (tertiary/aromatic N) is 2. The average molecular weight is 237 g/mol. The molecule has 1 aromatic carbocycles. The maximum Gasteiger partial charge on any atom is 0.325 e. The van der Waals surface area contributed by atoms with Gasteiger partial charge in [0, 0.05) is 7.05 Å². The Bertz CT molecular complexity index is 579. The molecule has 90 valence electrons. The molecule has 6 heteroatoms. The van der Waals surface area contributed by atoms with Gasteiger partial charge >= 0.3 is 5.97 Å². The fraction of sp³-hybridized carbons (Fsp3) is 0.273. The number of carboxylic acid groups (broad SMARTS) is 1. The van der Waals surface area contributed by atoms with E-state index >= 15 is 0 Å². The number of halogens is 1. The Kier molecular flexibility index (Phi) is 2.71. The number of fused-ring (bicyclic) bond motifs is 1. The van der Waals surface area contributed by atoms with Crippen molar-refractivity contribution in [1.82, 2.24) is 9.55 Å². The summed E-state index contributed by atoms with van der Waals surface area (Å²) in [5, 5.41) is 11.5.